The highest BCUT2D eigenvalue weighted by molar-refractivity contribution is 7.98. The number of unbranched alkanes of at least 4 members (excludes halogenated alkanes) is 4. The summed E-state index contributed by atoms with van der Waals surface area (Å²) in [5.74, 6) is 3.20. The maximum atomic E-state index is 9.05. The van der Waals surface area contributed by atoms with Gasteiger partial charge in [-0.2, -0.15) is 21.8 Å². The lowest BCUT2D eigenvalue weighted by atomic mass is 10.1. The number of thioether (sulfide) groups is 1. The van der Waals surface area contributed by atoms with Crippen LogP contribution in [0.2, 0.25) is 0 Å². The second kappa shape index (κ2) is 13.1. The summed E-state index contributed by atoms with van der Waals surface area (Å²) in [5.41, 5.74) is 1.41. The normalized spacial score (nSPS) is 11.2. The Balaban J connectivity index is 1.53. The molecule has 8 heteroatoms. The molecule has 0 saturated heterocycles. The molecule has 0 fully saturated rings. The van der Waals surface area contributed by atoms with Crippen LogP contribution in [0.1, 0.15) is 55.3 Å². The molecule has 0 saturated carbocycles. The topological polar surface area (TPSA) is 75.0 Å². The van der Waals surface area contributed by atoms with Gasteiger partial charge in [-0.15, -0.1) is 11.3 Å². The molecule has 0 bridgehead atoms. The van der Waals surface area contributed by atoms with Gasteiger partial charge in [0, 0.05) is 36.5 Å². The average Bonchev–Trinajstić information content (AvgIpc) is 3.27. The standard InChI is InChI=1S/C19H33N5OS2/c1-3-4-5-6-7-8-20-12-17-11-16(15-27-17)14-26-10-9-21-19-22-18(13-25)23-24(19)2/h11,15,20,25H,3-10,12-14H2,1-2H3,(H,21,22,23). The van der Waals surface area contributed by atoms with Gasteiger partial charge in [0.05, 0.1) is 0 Å². The first-order valence-corrected chi connectivity index (χ1v) is 11.9. The third kappa shape index (κ3) is 8.64. The Bertz CT molecular complexity index is 644. The highest BCUT2D eigenvalue weighted by Crippen LogP contribution is 2.19. The van der Waals surface area contributed by atoms with Crippen LogP contribution in [-0.4, -0.2) is 38.7 Å². The van der Waals surface area contributed by atoms with Gasteiger partial charge < -0.3 is 15.7 Å². The highest BCUT2D eigenvalue weighted by Gasteiger charge is 2.05. The first-order valence-electron chi connectivity index (χ1n) is 9.82. The van der Waals surface area contributed by atoms with Crippen molar-refractivity contribution in [2.45, 2.75) is 57.9 Å². The molecule has 6 nitrogen and oxygen atoms in total. The fraction of sp³-hybridized carbons (Fsp3) is 0.684. The van der Waals surface area contributed by atoms with Gasteiger partial charge in [-0.3, -0.25) is 0 Å². The van der Waals surface area contributed by atoms with Crippen molar-refractivity contribution >= 4 is 29.0 Å². The minimum Gasteiger partial charge on any atom is -0.388 e. The van der Waals surface area contributed by atoms with E-state index >= 15 is 0 Å². The predicted molar refractivity (Wildman–Crippen MR) is 116 cm³/mol. The molecule has 0 aliphatic heterocycles. The molecular formula is C19H33N5OS2. The summed E-state index contributed by atoms with van der Waals surface area (Å²) >= 11 is 3.77. The van der Waals surface area contributed by atoms with Crippen LogP contribution < -0.4 is 10.6 Å². The molecule has 0 aliphatic carbocycles. The Morgan fingerprint density at radius 2 is 2.07 bits per heavy atom. The molecule has 0 aromatic carbocycles. The average molecular weight is 412 g/mol. The molecule has 0 amide bonds. The van der Waals surface area contributed by atoms with E-state index in [0.29, 0.717) is 11.8 Å². The number of aromatic nitrogens is 3. The van der Waals surface area contributed by atoms with E-state index < -0.39 is 0 Å². The lowest BCUT2D eigenvalue weighted by Crippen LogP contribution is -2.13. The van der Waals surface area contributed by atoms with Crippen molar-refractivity contribution < 1.29 is 5.11 Å². The molecule has 2 heterocycles. The van der Waals surface area contributed by atoms with Crippen LogP contribution in [-0.2, 0) is 26.0 Å². The number of nitrogens with one attached hydrogen (secondary N) is 2. The van der Waals surface area contributed by atoms with E-state index in [2.05, 4.69) is 39.1 Å². The van der Waals surface area contributed by atoms with Crippen molar-refractivity contribution in [2.75, 3.05) is 24.2 Å². The monoisotopic (exact) mass is 411 g/mol. The zero-order valence-electron chi connectivity index (χ0n) is 16.5. The van der Waals surface area contributed by atoms with Gasteiger partial charge in [-0.05, 0) is 30.0 Å². The van der Waals surface area contributed by atoms with Crippen LogP contribution in [0.4, 0.5) is 5.95 Å². The largest absolute Gasteiger partial charge is 0.388 e. The van der Waals surface area contributed by atoms with Gasteiger partial charge in [0.1, 0.15) is 6.61 Å². The number of nitrogens with zero attached hydrogens (tertiary/aromatic N) is 3. The fourth-order valence-corrected chi connectivity index (χ4v) is 4.50. The van der Waals surface area contributed by atoms with Gasteiger partial charge in [-0.25, -0.2) is 4.68 Å². The first kappa shape index (κ1) is 22.2. The van der Waals surface area contributed by atoms with Crippen LogP contribution in [0.25, 0.3) is 0 Å². The number of aryl methyl sites for hydroxylation is 1. The maximum absolute atomic E-state index is 9.05. The van der Waals surface area contributed by atoms with Crippen molar-refractivity contribution in [3.63, 3.8) is 0 Å². The summed E-state index contributed by atoms with van der Waals surface area (Å²) in [5, 5.41) is 22.3. The number of aliphatic hydroxyl groups is 1. The van der Waals surface area contributed by atoms with Crippen molar-refractivity contribution in [3.05, 3.63) is 27.7 Å². The van der Waals surface area contributed by atoms with Crippen molar-refractivity contribution in [3.8, 4) is 0 Å². The Kier molecular flexibility index (Phi) is 10.8. The summed E-state index contributed by atoms with van der Waals surface area (Å²) < 4.78 is 1.66. The van der Waals surface area contributed by atoms with Crippen LogP contribution in [0, 0.1) is 0 Å². The molecule has 27 heavy (non-hydrogen) atoms. The second-order valence-electron chi connectivity index (χ2n) is 6.62. The molecule has 0 atom stereocenters. The number of hydrogen-bond donors (Lipinski definition) is 3. The van der Waals surface area contributed by atoms with E-state index in [-0.39, 0.29) is 6.61 Å². The number of hydrogen-bond acceptors (Lipinski definition) is 7. The maximum Gasteiger partial charge on any atom is 0.221 e. The van der Waals surface area contributed by atoms with Crippen molar-refractivity contribution in [1.29, 1.82) is 0 Å². The third-order valence-electron chi connectivity index (χ3n) is 4.21. The molecule has 152 valence electrons. The number of anilines is 1. The number of rotatable bonds is 15. The van der Waals surface area contributed by atoms with E-state index in [1.807, 2.05) is 30.1 Å². The van der Waals surface area contributed by atoms with E-state index in [0.717, 1.165) is 31.1 Å². The molecule has 0 aliphatic rings. The van der Waals surface area contributed by atoms with Crippen LogP contribution in [0.15, 0.2) is 11.4 Å². The summed E-state index contributed by atoms with van der Waals surface area (Å²) in [6.45, 7) is 5.08. The van der Waals surface area contributed by atoms with Gasteiger partial charge in [0.25, 0.3) is 0 Å². The summed E-state index contributed by atoms with van der Waals surface area (Å²) in [4.78, 5) is 5.64. The summed E-state index contributed by atoms with van der Waals surface area (Å²) in [6, 6.07) is 2.32. The van der Waals surface area contributed by atoms with E-state index in [9.17, 15) is 0 Å². The highest BCUT2D eigenvalue weighted by atomic mass is 32.2. The van der Waals surface area contributed by atoms with Gasteiger partial charge in [0.15, 0.2) is 5.82 Å². The zero-order valence-corrected chi connectivity index (χ0v) is 18.2. The smallest absolute Gasteiger partial charge is 0.221 e. The fourth-order valence-electron chi connectivity index (χ4n) is 2.74. The molecular weight excluding hydrogens is 378 g/mol. The van der Waals surface area contributed by atoms with Crippen molar-refractivity contribution in [2.24, 2.45) is 7.05 Å². The van der Waals surface area contributed by atoms with Crippen molar-refractivity contribution in [1.82, 2.24) is 20.1 Å². The Labute approximate surface area is 171 Å². The molecule has 0 spiro atoms. The number of aliphatic hydroxyl groups excluding tert-OH is 1. The summed E-state index contributed by atoms with van der Waals surface area (Å²) in [7, 11) is 1.83. The van der Waals surface area contributed by atoms with E-state index in [1.165, 1.54) is 42.5 Å². The zero-order chi connectivity index (χ0) is 19.3. The molecule has 2 aromatic rings. The van der Waals surface area contributed by atoms with Crippen LogP contribution in [0.5, 0.6) is 0 Å². The van der Waals surface area contributed by atoms with Gasteiger partial charge in [0.2, 0.25) is 5.95 Å². The van der Waals surface area contributed by atoms with E-state index in [1.54, 1.807) is 4.68 Å². The Morgan fingerprint density at radius 3 is 2.85 bits per heavy atom. The minimum atomic E-state index is -0.127. The van der Waals surface area contributed by atoms with Crippen LogP contribution in [0.3, 0.4) is 0 Å². The molecule has 3 N–H and O–H groups in total. The molecule has 2 rings (SSSR count). The Hall–Kier alpha value is -1.09. The predicted octanol–water partition coefficient (Wildman–Crippen LogP) is 3.77. The quantitative estimate of drug-likeness (QED) is 0.387. The number of thiophene rings is 1. The summed E-state index contributed by atoms with van der Waals surface area (Å²) in [6.07, 6.45) is 6.67. The van der Waals surface area contributed by atoms with E-state index in [4.69, 9.17) is 5.11 Å². The minimum absolute atomic E-state index is 0.127. The molecule has 2 aromatic heterocycles. The van der Waals surface area contributed by atoms with Gasteiger partial charge in [-0.1, -0.05) is 32.6 Å². The third-order valence-corrected chi connectivity index (χ3v) is 6.23. The lowest BCUT2D eigenvalue weighted by molar-refractivity contribution is 0.271. The lowest BCUT2D eigenvalue weighted by Gasteiger charge is -2.04. The molecule has 0 unspecified atom stereocenters. The second-order valence-corrected chi connectivity index (χ2v) is 8.73. The SMILES string of the molecule is CCCCCCCNCc1cc(CSCCNc2nc(CO)nn2C)cs1. The van der Waals surface area contributed by atoms with Gasteiger partial charge >= 0.3 is 0 Å². The first-order chi connectivity index (χ1) is 13.2. The van der Waals surface area contributed by atoms with Crippen LogP contribution >= 0.6 is 23.1 Å². The Morgan fingerprint density at radius 1 is 1.22 bits per heavy atom. The molecule has 0 radical (unpaired) electrons.